The first-order valence-electron chi connectivity index (χ1n) is 6.39. The molecule has 0 fully saturated rings. The van der Waals surface area contributed by atoms with Crippen LogP contribution in [0, 0.1) is 17.3 Å². The Balaban J connectivity index is 3.71. The van der Waals surface area contributed by atoms with E-state index < -0.39 is 0 Å². The summed E-state index contributed by atoms with van der Waals surface area (Å²) in [5.41, 5.74) is 0.386. The highest BCUT2D eigenvalue weighted by atomic mass is 16.3. The normalized spacial score (nSPS) is 16.8. The van der Waals surface area contributed by atoms with Crippen LogP contribution in [0.5, 0.6) is 0 Å². The summed E-state index contributed by atoms with van der Waals surface area (Å²) in [5.74, 6) is 1.34. The molecule has 2 atom stereocenters. The summed E-state index contributed by atoms with van der Waals surface area (Å²) in [6, 6.07) is 0. The van der Waals surface area contributed by atoms with Crippen LogP contribution in [0.15, 0.2) is 0 Å². The predicted octanol–water partition coefficient (Wildman–Crippen LogP) is 4.25. The van der Waals surface area contributed by atoms with Crippen LogP contribution in [0.3, 0.4) is 0 Å². The first-order chi connectivity index (χ1) is 6.70. The summed E-state index contributed by atoms with van der Waals surface area (Å²) in [5, 5.41) is 9.87. The smallest absolute Gasteiger partial charge is 0.0542 e. The van der Waals surface area contributed by atoms with E-state index in [0.29, 0.717) is 17.3 Å². The van der Waals surface area contributed by atoms with Gasteiger partial charge in [0, 0.05) is 0 Å². The first-order valence-corrected chi connectivity index (χ1v) is 6.39. The Morgan fingerprint density at radius 3 is 1.93 bits per heavy atom. The maximum Gasteiger partial charge on any atom is 0.0542 e. The van der Waals surface area contributed by atoms with Gasteiger partial charge in [0.15, 0.2) is 0 Å². The van der Waals surface area contributed by atoms with Crippen LogP contribution >= 0.6 is 0 Å². The predicted molar refractivity (Wildman–Crippen MR) is 67.9 cm³/mol. The zero-order chi connectivity index (χ0) is 12.1. The SMILES string of the molecule is CC(C)CCC(O)CC(C)CC(C)(C)C. The lowest BCUT2D eigenvalue weighted by Gasteiger charge is -2.25. The molecule has 0 aromatic rings. The van der Waals surface area contributed by atoms with Gasteiger partial charge in [-0.3, -0.25) is 0 Å². The summed E-state index contributed by atoms with van der Waals surface area (Å²) in [6.07, 6.45) is 4.18. The van der Waals surface area contributed by atoms with Crippen LogP contribution in [0.2, 0.25) is 0 Å². The number of rotatable bonds is 6. The summed E-state index contributed by atoms with van der Waals surface area (Å²) < 4.78 is 0. The molecule has 92 valence electrons. The topological polar surface area (TPSA) is 20.2 Å². The highest BCUT2D eigenvalue weighted by Gasteiger charge is 2.17. The third-order valence-electron chi connectivity index (χ3n) is 2.71. The minimum Gasteiger partial charge on any atom is -0.393 e. The second-order valence-corrected chi connectivity index (χ2v) is 6.73. The van der Waals surface area contributed by atoms with E-state index in [4.69, 9.17) is 0 Å². The third kappa shape index (κ3) is 10.2. The Morgan fingerprint density at radius 2 is 1.53 bits per heavy atom. The molecule has 0 aliphatic rings. The average Bonchev–Trinajstić information content (AvgIpc) is 1.96. The Labute approximate surface area is 96.3 Å². The maximum absolute atomic E-state index is 9.87. The molecule has 0 aromatic carbocycles. The Morgan fingerprint density at radius 1 is 1.00 bits per heavy atom. The van der Waals surface area contributed by atoms with Gasteiger partial charge in [0.1, 0.15) is 0 Å². The van der Waals surface area contributed by atoms with E-state index >= 15 is 0 Å². The number of hydrogen-bond donors (Lipinski definition) is 1. The highest BCUT2D eigenvalue weighted by molar-refractivity contribution is 4.69. The highest BCUT2D eigenvalue weighted by Crippen LogP contribution is 2.27. The first kappa shape index (κ1) is 15.0. The van der Waals surface area contributed by atoms with Crippen molar-refractivity contribution >= 4 is 0 Å². The molecule has 0 rings (SSSR count). The molecule has 0 radical (unpaired) electrons. The van der Waals surface area contributed by atoms with Crippen molar-refractivity contribution in [3.8, 4) is 0 Å². The van der Waals surface area contributed by atoms with Gasteiger partial charge in [-0.05, 0) is 42.9 Å². The van der Waals surface area contributed by atoms with E-state index in [1.165, 1.54) is 6.42 Å². The molecule has 0 saturated carbocycles. The van der Waals surface area contributed by atoms with Gasteiger partial charge in [0.05, 0.1) is 6.10 Å². The van der Waals surface area contributed by atoms with E-state index in [1.807, 2.05) is 0 Å². The van der Waals surface area contributed by atoms with Crippen LogP contribution in [0.1, 0.15) is 67.2 Å². The molecule has 15 heavy (non-hydrogen) atoms. The fourth-order valence-corrected chi connectivity index (χ4v) is 2.24. The zero-order valence-corrected chi connectivity index (χ0v) is 11.5. The zero-order valence-electron chi connectivity index (χ0n) is 11.5. The van der Waals surface area contributed by atoms with Gasteiger partial charge in [0.2, 0.25) is 0 Å². The fraction of sp³-hybridized carbons (Fsp3) is 1.00. The molecule has 0 saturated heterocycles. The van der Waals surface area contributed by atoms with Gasteiger partial charge >= 0.3 is 0 Å². The summed E-state index contributed by atoms with van der Waals surface area (Å²) in [7, 11) is 0. The van der Waals surface area contributed by atoms with E-state index in [2.05, 4.69) is 41.5 Å². The van der Waals surface area contributed by atoms with Crippen molar-refractivity contribution in [3.05, 3.63) is 0 Å². The standard InChI is InChI=1S/C14H30O/c1-11(2)7-8-13(15)9-12(3)10-14(4,5)6/h11-13,15H,7-10H2,1-6H3. The maximum atomic E-state index is 9.87. The molecule has 0 aromatic heterocycles. The van der Waals surface area contributed by atoms with Gasteiger partial charge in [-0.25, -0.2) is 0 Å². The van der Waals surface area contributed by atoms with Gasteiger partial charge in [-0.2, -0.15) is 0 Å². The summed E-state index contributed by atoms with van der Waals surface area (Å²) in [6.45, 7) is 13.5. The molecule has 0 heterocycles. The molecule has 0 aliphatic carbocycles. The lowest BCUT2D eigenvalue weighted by Crippen LogP contribution is -2.17. The molecule has 1 N–H and O–H groups in total. The van der Waals surface area contributed by atoms with Crippen LogP contribution in [0.25, 0.3) is 0 Å². The van der Waals surface area contributed by atoms with Crippen molar-refractivity contribution in [3.63, 3.8) is 0 Å². The van der Waals surface area contributed by atoms with Gasteiger partial charge in [-0.1, -0.05) is 41.5 Å². The summed E-state index contributed by atoms with van der Waals surface area (Å²) >= 11 is 0. The Kier molecular flexibility index (Phi) is 6.51. The van der Waals surface area contributed by atoms with Crippen molar-refractivity contribution in [1.82, 2.24) is 0 Å². The lowest BCUT2D eigenvalue weighted by molar-refractivity contribution is 0.118. The molecule has 0 spiro atoms. The quantitative estimate of drug-likeness (QED) is 0.701. The fourth-order valence-electron chi connectivity index (χ4n) is 2.24. The van der Waals surface area contributed by atoms with Gasteiger partial charge in [-0.15, -0.1) is 0 Å². The van der Waals surface area contributed by atoms with Crippen molar-refractivity contribution < 1.29 is 5.11 Å². The number of aliphatic hydroxyl groups excluding tert-OH is 1. The molecular formula is C14H30O. The molecule has 2 unspecified atom stereocenters. The van der Waals surface area contributed by atoms with Crippen molar-refractivity contribution in [2.24, 2.45) is 17.3 Å². The third-order valence-corrected chi connectivity index (χ3v) is 2.71. The number of hydrogen-bond acceptors (Lipinski definition) is 1. The molecule has 1 nitrogen and oxygen atoms in total. The minimum absolute atomic E-state index is 0.0928. The van der Waals surface area contributed by atoms with E-state index in [9.17, 15) is 5.11 Å². The minimum atomic E-state index is -0.0928. The van der Waals surface area contributed by atoms with Crippen molar-refractivity contribution in [1.29, 1.82) is 0 Å². The van der Waals surface area contributed by atoms with Crippen LogP contribution in [0.4, 0.5) is 0 Å². The molecular weight excluding hydrogens is 184 g/mol. The molecule has 0 aliphatic heterocycles. The van der Waals surface area contributed by atoms with Crippen LogP contribution < -0.4 is 0 Å². The van der Waals surface area contributed by atoms with E-state index in [1.54, 1.807) is 0 Å². The number of aliphatic hydroxyl groups is 1. The average molecular weight is 214 g/mol. The van der Waals surface area contributed by atoms with E-state index in [-0.39, 0.29) is 6.10 Å². The lowest BCUT2D eigenvalue weighted by atomic mass is 9.82. The monoisotopic (exact) mass is 214 g/mol. The summed E-state index contributed by atoms with van der Waals surface area (Å²) in [4.78, 5) is 0. The van der Waals surface area contributed by atoms with Crippen molar-refractivity contribution in [2.75, 3.05) is 0 Å². The van der Waals surface area contributed by atoms with Crippen LogP contribution in [-0.4, -0.2) is 11.2 Å². The molecule has 1 heteroatoms. The van der Waals surface area contributed by atoms with Crippen LogP contribution in [-0.2, 0) is 0 Å². The molecule has 0 bridgehead atoms. The molecule has 0 amide bonds. The van der Waals surface area contributed by atoms with Gasteiger partial charge in [0.25, 0.3) is 0 Å². The second kappa shape index (κ2) is 6.52. The van der Waals surface area contributed by atoms with Crippen molar-refractivity contribution in [2.45, 2.75) is 73.3 Å². The second-order valence-electron chi connectivity index (χ2n) is 6.73. The van der Waals surface area contributed by atoms with E-state index in [0.717, 1.165) is 19.3 Å². The Bertz CT molecular complexity index is 155. The van der Waals surface area contributed by atoms with Gasteiger partial charge < -0.3 is 5.11 Å². The largest absolute Gasteiger partial charge is 0.393 e. The Hall–Kier alpha value is -0.0400.